The number of aliphatic hydroxyl groups excluding tert-OH is 1. The first-order valence-electron chi connectivity index (χ1n) is 5.85. The molecule has 2 N–H and O–H groups in total. The largest absolute Gasteiger partial charge is 0.390 e. The number of aromatic nitrogens is 2. The summed E-state index contributed by atoms with van der Waals surface area (Å²) in [6.45, 7) is 1.52. The van der Waals surface area contributed by atoms with Crippen LogP contribution in [-0.4, -0.2) is 26.9 Å². The molecule has 8 heteroatoms. The van der Waals surface area contributed by atoms with Crippen LogP contribution < -0.4 is 11.2 Å². The maximum atomic E-state index is 12.9. The first-order chi connectivity index (χ1) is 9.42. The smallest absolute Gasteiger partial charge is 0.330 e. The standard InChI is InChI=1S/C12H12FN3O4/c1-6-5-16(12(19)15-11(6)18)10-3-8(17)9(20-10)2-7(13)4-14/h2,5,8-10,17H,3H2,1H3,(H,15,18,19)/b7-2-/t8-,9+,10+/m0/s1. The molecular formula is C12H12FN3O4. The van der Waals surface area contributed by atoms with E-state index in [9.17, 15) is 19.1 Å². The van der Waals surface area contributed by atoms with E-state index in [2.05, 4.69) is 4.98 Å². The van der Waals surface area contributed by atoms with Gasteiger partial charge in [0, 0.05) is 18.2 Å². The number of allylic oxidation sites excluding steroid dienone is 1. The molecule has 0 amide bonds. The molecule has 7 nitrogen and oxygen atoms in total. The molecular weight excluding hydrogens is 269 g/mol. The molecule has 2 rings (SSSR count). The molecule has 0 unspecified atom stereocenters. The van der Waals surface area contributed by atoms with Gasteiger partial charge in [0.2, 0.25) is 0 Å². The van der Waals surface area contributed by atoms with Crippen LogP contribution in [0, 0.1) is 18.3 Å². The van der Waals surface area contributed by atoms with Crippen molar-refractivity contribution in [3.05, 3.63) is 44.5 Å². The minimum Gasteiger partial charge on any atom is -0.390 e. The Morgan fingerprint density at radius 3 is 3.05 bits per heavy atom. The van der Waals surface area contributed by atoms with Crippen LogP contribution in [0.15, 0.2) is 27.7 Å². The minimum atomic E-state index is -1.07. The van der Waals surface area contributed by atoms with Crippen LogP contribution in [0.25, 0.3) is 0 Å². The van der Waals surface area contributed by atoms with E-state index < -0.39 is 35.5 Å². The molecule has 0 saturated carbocycles. The van der Waals surface area contributed by atoms with Gasteiger partial charge in [0.15, 0.2) is 5.83 Å². The normalized spacial score (nSPS) is 26.5. The maximum absolute atomic E-state index is 12.9. The number of aromatic amines is 1. The lowest BCUT2D eigenvalue weighted by Gasteiger charge is -2.14. The van der Waals surface area contributed by atoms with E-state index in [1.165, 1.54) is 19.2 Å². The number of ether oxygens (including phenoxy) is 1. The zero-order valence-corrected chi connectivity index (χ0v) is 10.5. The molecule has 0 spiro atoms. The van der Waals surface area contributed by atoms with E-state index in [0.717, 1.165) is 10.6 Å². The Morgan fingerprint density at radius 1 is 1.70 bits per heavy atom. The Hall–Kier alpha value is -2.24. The van der Waals surface area contributed by atoms with E-state index >= 15 is 0 Å². The third kappa shape index (κ3) is 2.68. The zero-order chi connectivity index (χ0) is 14.9. The summed E-state index contributed by atoms with van der Waals surface area (Å²) in [4.78, 5) is 25.1. The predicted octanol–water partition coefficient (Wildman–Crippen LogP) is -0.130. The fourth-order valence-electron chi connectivity index (χ4n) is 1.98. The summed E-state index contributed by atoms with van der Waals surface area (Å²) in [7, 11) is 0. The minimum absolute atomic E-state index is 0.0469. The average molecular weight is 281 g/mol. The van der Waals surface area contributed by atoms with Crippen molar-refractivity contribution in [3.63, 3.8) is 0 Å². The average Bonchev–Trinajstić information content (AvgIpc) is 2.75. The number of nitriles is 1. The van der Waals surface area contributed by atoms with Crippen LogP contribution in [-0.2, 0) is 4.74 Å². The fourth-order valence-corrected chi connectivity index (χ4v) is 1.98. The van der Waals surface area contributed by atoms with Crippen molar-refractivity contribution < 1.29 is 14.2 Å². The number of hydrogen-bond donors (Lipinski definition) is 2. The van der Waals surface area contributed by atoms with Gasteiger partial charge in [0.05, 0.1) is 6.10 Å². The van der Waals surface area contributed by atoms with Crippen LogP contribution in [0.3, 0.4) is 0 Å². The number of aliphatic hydroxyl groups is 1. The Kier molecular flexibility index (Phi) is 3.83. The first-order valence-corrected chi connectivity index (χ1v) is 5.85. The van der Waals surface area contributed by atoms with Crippen molar-refractivity contribution in [2.45, 2.75) is 31.8 Å². The summed E-state index contributed by atoms with van der Waals surface area (Å²) in [6, 6.07) is 1.28. The molecule has 1 aromatic heterocycles. The summed E-state index contributed by atoms with van der Waals surface area (Å²) >= 11 is 0. The lowest BCUT2D eigenvalue weighted by atomic mass is 10.1. The summed E-state index contributed by atoms with van der Waals surface area (Å²) in [6.07, 6.45) is -0.678. The lowest BCUT2D eigenvalue weighted by Crippen LogP contribution is -2.33. The monoisotopic (exact) mass is 281 g/mol. The highest BCUT2D eigenvalue weighted by atomic mass is 19.1. The van der Waals surface area contributed by atoms with Gasteiger partial charge >= 0.3 is 5.69 Å². The van der Waals surface area contributed by atoms with Gasteiger partial charge in [-0.25, -0.2) is 4.79 Å². The number of rotatable bonds is 2. The predicted molar refractivity (Wildman–Crippen MR) is 65.4 cm³/mol. The number of nitrogens with one attached hydrogen (secondary N) is 1. The van der Waals surface area contributed by atoms with Gasteiger partial charge in [-0.1, -0.05) is 0 Å². The maximum Gasteiger partial charge on any atom is 0.330 e. The Bertz CT molecular complexity index is 700. The van der Waals surface area contributed by atoms with E-state index in [0.29, 0.717) is 5.56 Å². The SMILES string of the molecule is Cc1cn([C@H]2C[C@H](O)[C@@H](/C=C(\F)C#N)O2)c(=O)[nH]c1=O. The molecule has 1 saturated heterocycles. The highest BCUT2D eigenvalue weighted by molar-refractivity contribution is 5.15. The Labute approximate surface area is 112 Å². The van der Waals surface area contributed by atoms with Gasteiger partial charge in [-0.05, 0) is 13.0 Å². The van der Waals surface area contributed by atoms with Crippen molar-refractivity contribution in [1.82, 2.24) is 9.55 Å². The van der Waals surface area contributed by atoms with Crippen LogP contribution in [0.2, 0.25) is 0 Å². The van der Waals surface area contributed by atoms with Gasteiger partial charge in [-0.15, -0.1) is 0 Å². The van der Waals surface area contributed by atoms with Crippen molar-refractivity contribution in [3.8, 4) is 6.07 Å². The van der Waals surface area contributed by atoms with E-state index in [1.54, 1.807) is 0 Å². The Morgan fingerprint density at radius 2 is 2.40 bits per heavy atom. The molecule has 20 heavy (non-hydrogen) atoms. The molecule has 2 heterocycles. The quantitative estimate of drug-likeness (QED) is 0.734. The fraction of sp³-hybridized carbons (Fsp3) is 0.417. The number of halogens is 1. The summed E-state index contributed by atoms with van der Waals surface area (Å²) < 4.78 is 19.3. The summed E-state index contributed by atoms with van der Waals surface area (Å²) in [5.41, 5.74) is -0.871. The van der Waals surface area contributed by atoms with Crippen LogP contribution in [0.5, 0.6) is 0 Å². The zero-order valence-electron chi connectivity index (χ0n) is 10.5. The van der Waals surface area contributed by atoms with E-state index in [-0.39, 0.29) is 6.42 Å². The summed E-state index contributed by atoms with van der Waals surface area (Å²) in [5.74, 6) is -1.07. The third-order valence-corrected chi connectivity index (χ3v) is 3.01. The first kappa shape index (κ1) is 14.2. The number of H-pyrrole nitrogens is 1. The van der Waals surface area contributed by atoms with E-state index in [1.807, 2.05) is 0 Å². The Balaban J connectivity index is 2.30. The second-order valence-corrected chi connectivity index (χ2v) is 4.46. The number of nitrogens with zero attached hydrogens (tertiary/aromatic N) is 2. The van der Waals surface area contributed by atoms with Crippen molar-refractivity contribution in [1.29, 1.82) is 5.26 Å². The van der Waals surface area contributed by atoms with Crippen molar-refractivity contribution >= 4 is 0 Å². The highest BCUT2D eigenvalue weighted by Crippen LogP contribution is 2.28. The van der Waals surface area contributed by atoms with Crippen LogP contribution >= 0.6 is 0 Å². The van der Waals surface area contributed by atoms with Gasteiger partial charge in [-0.2, -0.15) is 9.65 Å². The van der Waals surface area contributed by atoms with Crippen molar-refractivity contribution in [2.75, 3.05) is 0 Å². The lowest BCUT2D eigenvalue weighted by molar-refractivity contribution is 0.00400. The molecule has 0 bridgehead atoms. The molecule has 1 aromatic rings. The molecule has 0 aromatic carbocycles. The van der Waals surface area contributed by atoms with Gasteiger partial charge in [-0.3, -0.25) is 14.3 Å². The molecule has 1 aliphatic heterocycles. The van der Waals surface area contributed by atoms with Gasteiger partial charge in [0.25, 0.3) is 5.56 Å². The van der Waals surface area contributed by atoms with Gasteiger partial charge < -0.3 is 9.84 Å². The topological polar surface area (TPSA) is 108 Å². The molecule has 106 valence electrons. The summed E-state index contributed by atoms with van der Waals surface area (Å²) in [5, 5.41) is 18.1. The third-order valence-electron chi connectivity index (χ3n) is 3.01. The molecule has 3 atom stereocenters. The second kappa shape index (κ2) is 5.40. The molecule has 0 radical (unpaired) electrons. The van der Waals surface area contributed by atoms with Crippen LogP contribution in [0.1, 0.15) is 18.2 Å². The van der Waals surface area contributed by atoms with E-state index in [4.69, 9.17) is 10.00 Å². The number of hydrogen-bond acceptors (Lipinski definition) is 5. The molecule has 0 aliphatic carbocycles. The van der Waals surface area contributed by atoms with Gasteiger partial charge in [0.1, 0.15) is 18.4 Å². The molecule has 1 aliphatic rings. The van der Waals surface area contributed by atoms with Crippen molar-refractivity contribution in [2.24, 2.45) is 0 Å². The number of aryl methyl sites for hydroxylation is 1. The molecule has 1 fully saturated rings. The second-order valence-electron chi connectivity index (χ2n) is 4.46. The van der Waals surface area contributed by atoms with Crippen LogP contribution in [0.4, 0.5) is 4.39 Å². The highest BCUT2D eigenvalue weighted by Gasteiger charge is 2.34.